The van der Waals surface area contributed by atoms with Crippen molar-refractivity contribution in [3.63, 3.8) is 0 Å². The zero-order valence-electron chi connectivity index (χ0n) is 15.6. The summed E-state index contributed by atoms with van der Waals surface area (Å²) in [5.41, 5.74) is 2.00. The maximum absolute atomic E-state index is 12.5. The van der Waals surface area contributed by atoms with Crippen molar-refractivity contribution >= 4 is 11.8 Å². The summed E-state index contributed by atoms with van der Waals surface area (Å²) in [7, 11) is 0. The number of carbonyl (C=O) groups excluding carboxylic acids is 2. The maximum Gasteiger partial charge on any atom is 0.243 e. The summed E-state index contributed by atoms with van der Waals surface area (Å²) in [4.78, 5) is 23.8. The number of ether oxygens (including phenoxy) is 2. The van der Waals surface area contributed by atoms with Gasteiger partial charge in [0.2, 0.25) is 11.8 Å². The summed E-state index contributed by atoms with van der Waals surface area (Å²) in [6.07, 6.45) is 1.01. The second kappa shape index (κ2) is 8.23. The van der Waals surface area contributed by atoms with Gasteiger partial charge in [0.1, 0.15) is 23.6 Å². The monoisotopic (exact) mass is 348 g/mol. The van der Waals surface area contributed by atoms with E-state index in [1.54, 1.807) is 0 Å². The number of nitrogens with one attached hydrogen (secondary N) is 2. The van der Waals surface area contributed by atoms with Gasteiger partial charge in [0.05, 0.1) is 6.61 Å². The predicted octanol–water partition coefficient (Wildman–Crippen LogP) is 2.19. The van der Waals surface area contributed by atoms with Crippen LogP contribution in [0.4, 0.5) is 0 Å². The van der Waals surface area contributed by atoms with E-state index in [1.807, 2.05) is 39.8 Å². The molecule has 0 radical (unpaired) electrons. The molecule has 2 atom stereocenters. The van der Waals surface area contributed by atoms with Crippen LogP contribution in [0.1, 0.15) is 45.7 Å². The minimum atomic E-state index is -0.557. The van der Waals surface area contributed by atoms with Crippen molar-refractivity contribution in [3.8, 4) is 11.5 Å². The molecule has 1 heterocycles. The van der Waals surface area contributed by atoms with Crippen LogP contribution in [0.15, 0.2) is 12.1 Å². The van der Waals surface area contributed by atoms with Gasteiger partial charge in [0, 0.05) is 31.0 Å². The van der Waals surface area contributed by atoms with Crippen molar-refractivity contribution in [2.24, 2.45) is 5.92 Å². The first-order valence-corrected chi connectivity index (χ1v) is 8.81. The summed E-state index contributed by atoms with van der Waals surface area (Å²) < 4.78 is 11.5. The van der Waals surface area contributed by atoms with Gasteiger partial charge in [0.15, 0.2) is 0 Å². The summed E-state index contributed by atoms with van der Waals surface area (Å²) in [6, 6.07) is 3.38. The molecule has 2 rings (SSSR count). The van der Waals surface area contributed by atoms with Crippen LogP contribution in [0.5, 0.6) is 11.5 Å². The molecule has 6 nitrogen and oxygen atoms in total. The van der Waals surface area contributed by atoms with Crippen molar-refractivity contribution < 1.29 is 19.1 Å². The van der Waals surface area contributed by atoms with Crippen molar-refractivity contribution in [1.29, 1.82) is 0 Å². The number of fused-ring (bicyclic) bond motifs is 1. The summed E-state index contributed by atoms with van der Waals surface area (Å²) >= 11 is 0. The average Bonchev–Trinajstić information content (AvgIpc) is 2.88. The number of hydrogen-bond donors (Lipinski definition) is 2. The standard InChI is InChI=1S/C19H28N2O4/c1-6-24-16-8-14-7-12(4)25-17(14)9-15(16)10-20-19(23)18(11(2)3)21-13(5)22/h8-9,11-12,18H,6-7,10H2,1-5H3,(H,20,23)(H,21,22)/t12-,18-/m0/s1. The Labute approximate surface area is 149 Å². The lowest BCUT2D eigenvalue weighted by atomic mass is 10.0. The molecule has 2 N–H and O–H groups in total. The van der Waals surface area contributed by atoms with Crippen molar-refractivity contribution in [3.05, 3.63) is 23.3 Å². The van der Waals surface area contributed by atoms with E-state index < -0.39 is 6.04 Å². The Bertz CT molecular complexity index is 643. The van der Waals surface area contributed by atoms with Gasteiger partial charge in [-0.1, -0.05) is 13.8 Å². The fraction of sp³-hybridized carbons (Fsp3) is 0.579. The van der Waals surface area contributed by atoms with E-state index >= 15 is 0 Å². The van der Waals surface area contributed by atoms with Crippen LogP contribution < -0.4 is 20.1 Å². The Morgan fingerprint density at radius 2 is 2.08 bits per heavy atom. The van der Waals surface area contributed by atoms with Crippen LogP contribution in [0.3, 0.4) is 0 Å². The van der Waals surface area contributed by atoms with Crippen LogP contribution in [0.2, 0.25) is 0 Å². The molecule has 1 aliphatic heterocycles. The average molecular weight is 348 g/mol. The smallest absolute Gasteiger partial charge is 0.243 e. The van der Waals surface area contributed by atoms with Crippen LogP contribution in [-0.4, -0.2) is 30.6 Å². The van der Waals surface area contributed by atoms with Crippen LogP contribution in [0.25, 0.3) is 0 Å². The van der Waals surface area contributed by atoms with Gasteiger partial charge >= 0.3 is 0 Å². The highest BCUT2D eigenvalue weighted by molar-refractivity contribution is 5.87. The highest BCUT2D eigenvalue weighted by Gasteiger charge is 2.25. The topological polar surface area (TPSA) is 76.7 Å². The maximum atomic E-state index is 12.5. The van der Waals surface area contributed by atoms with Crippen LogP contribution in [-0.2, 0) is 22.6 Å². The van der Waals surface area contributed by atoms with E-state index in [9.17, 15) is 9.59 Å². The molecule has 1 aromatic rings. The fourth-order valence-corrected chi connectivity index (χ4v) is 2.96. The van der Waals surface area contributed by atoms with E-state index in [2.05, 4.69) is 10.6 Å². The predicted molar refractivity (Wildman–Crippen MR) is 95.7 cm³/mol. The van der Waals surface area contributed by atoms with Crippen molar-refractivity contribution in [1.82, 2.24) is 10.6 Å². The normalized spacial score (nSPS) is 16.8. The van der Waals surface area contributed by atoms with Crippen molar-refractivity contribution in [2.45, 2.75) is 59.7 Å². The molecule has 0 spiro atoms. The Kier molecular flexibility index (Phi) is 6.28. The number of benzene rings is 1. The second-order valence-corrected chi connectivity index (χ2v) is 6.77. The Morgan fingerprint density at radius 1 is 1.36 bits per heavy atom. The molecule has 0 unspecified atom stereocenters. The van der Waals surface area contributed by atoms with E-state index in [1.165, 1.54) is 6.92 Å². The first-order chi connectivity index (χ1) is 11.8. The van der Waals surface area contributed by atoms with E-state index in [4.69, 9.17) is 9.47 Å². The molecule has 1 aromatic carbocycles. The second-order valence-electron chi connectivity index (χ2n) is 6.77. The third-order valence-corrected chi connectivity index (χ3v) is 4.14. The van der Waals surface area contributed by atoms with E-state index in [0.29, 0.717) is 13.2 Å². The molecule has 138 valence electrons. The Morgan fingerprint density at radius 3 is 2.68 bits per heavy atom. The Hall–Kier alpha value is -2.24. The zero-order chi connectivity index (χ0) is 18.6. The third-order valence-electron chi connectivity index (χ3n) is 4.14. The molecule has 0 aromatic heterocycles. The summed E-state index contributed by atoms with van der Waals surface area (Å²) in [5.74, 6) is 1.19. The largest absolute Gasteiger partial charge is 0.494 e. The SMILES string of the molecule is CCOc1cc2c(cc1CNC(=O)[C@@H](NC(C)=O)C(C)C)O[C@@H](C)C2. The molecular weight excluding hydrogens is 320 g/mol. The highest BCUT2D eigenvalue weighted by Crippen LogP contribution is 2.35. The molecule has 2 amide bonds. The first-order valence-electron chi connectivity index (χ1n) is 8.81. The fourth-order valence-electron chi connectivity index (χ4n) is 2.96. The minimum absolute atomic E-state index is 0.000495. The molecule has 0 aliphatic carbocycles. The lowest BCUT2D eigenvalue weighted by molar-refractivity contribution is -0.129. The number of rotatable bonds is 7. The van der Waals surface area contributed by atoms with Gasteiger partial charge in [-0.15, -0.1) is 0 Å². The number of amides is 2. The minimum Gasteiger partial charge on any atom is -0.494 e. The lowest BCUT2D eigenvalue weighted by Crippen LogP contribution is -2.48. The van der Waals surface area contributed by atoms with Gasteiger partial charge in [-0.2, -0.15) is 0 Å². The summed E-state index contributed by atoms with van der Waals surface area (Å²) in [6.45, 7) is 10.0. The molecule has 25 heavy (non-hydrogen) atoms. The van der Waals surface area contributed by atoms with Crippen molar-refractivity contribution in [2.75, 3.05) is 6.61 Å². The number of hydrogen-bond acceptors (Lipinski definition) is 4. The molecule has 0 fully saturated rings. The van der Waals surface area contributed by atoms with Gasteiger partial charge in [-0.3, -0.25) is 9.59 Å². The molecule has 0 bridgehead atoms. The quantitative estimate of drug-likeness (QED) is 0.792. The summed E-state index contributed by atoms with van der Waals surface area (Å²) in [5, 5.41) is 5.59. The van der Waals surface area contributed by atoms with Gasteiger partial charge in [-0.25, -0.2) is 0 Å². The van der Waals surface area contributed by atoms with Gasteiger partial charge in [-0.05, 0) is 31.9 Å². The van der Waals surface area contributed by atoms with E-state index in [0.717, 1.165) is 29.0 Å². The molecule has 6 heteroatoms. The lowest BCUT2D eigenvalue weighted by Gasteiger charge is -2.21. The number of carbonyl (C=O) groups is 2. The van der Waals surface area contributed by atoms with Gasteiger partial charge < -0.3 is 20.1 Å². The highest BCUT2D eigenvalue weighted by atomic mass is 16.5. The molecule has 1 aliphatic rings. The zero-order valence-corrected chi connectivity index (χ0v) is 15.6. The van der Waals surface area contributed by atoms with Gasteiger partial charge in [0.25, 0.3) is 0 Å². The molecule has 0 saturated carbocycles. The molecule has 0 saturated heterocycles. The third kappa shape index (κ3) is 4.87. The van der Waals surface area contributed by atoms with E-state index in [-0.39, 0.29) is 23.8 Å². The van der Waals surface area contributed by atoms with Crippen LogP contribution >= 0.6 is 0 Å². The first kappa shape index (κ1) is 19.1. The molecular formula is C19H28N2O4. The van der Waals surface area contributed by atoms with Crippen LogP contribution in [0, 0.1) is 5.92 Å². The Balaban J connectivity index is 2.12.